The lowest BCUT2D eigenvalue weighted by molar-refractivity contribution is -0.134. The van der Waals surface area contributed by atoms with Gasteiger partial charge < -0.3 is 21.7 Å². The van der Waals surface area contributed by atoms with Crippen LogP contribution in [0, 0.1) is 5.92 Å². The van der Waals surface area contributed by atoms with Crippen molar-refractivity contribution >= 4 is 11.9 Å². The number of hydrogen-bond acceptors (Lipinski definition) is 3. The van der Waals surface area contributed by atoms with Crippen LogP contribution in [0.1, 0.15) is 32.6 Å². The first kappa shape index (κ1) is 14.8. The first-order chi connectivity index (χ1) is 8.54. The number of piperidine rings is 1. The first-order valence-corrected chi connectivity index (χ1v) is 6.62. The SMILES string of the molecule is CCC[C@H](N)C(=O)N1CCCC(CNC(N)=O)C1. The molecule has 1 aliphatic heterocycles. The van der Waals surface area contributed by atoms with Gasteiger partial charge >= 0.3 is 6.03 Å². The zero-order chi connectivity index (χ0) is 13.5. The number of urea groups is 1. The minimum atomic E-state index is -0.513. The van der Waals surface area contributed by atoms with E-state index in [1.807, 2.05) is 11.8 Å². The van der Waals surface area contributed by atoms with Crippen LogP contribution in [0.2, 0.25) is 0 Å². The topological polar surface area (TPSA) is 101 Å². The summed E-state index contributed by atoms with van der Waals surface area (Å²) in [6, 6.07) is -0.904. The maximum Gasteiger partial charge on any atom is 0.312 e. The smallest absolute Gasteiger partial charge is 0.312 e. The lowest BCUT2D eigenvalue weighted by Gasteiger charge is -2.34. The monoisotopic (exact) mass is 256 g/mol. The fourth-order valence-corrected chi connectivity index (χ4v) is 2.35. The van der Waals surface area contributed by atoms with Gasteiger partial charge in [0.05, 0.1) is 6.04 Å². The van der Waals surface area contributed by atoms with Crippen LogP contribution < -0.4 is 16.8 Å². The molecule has 5 N–H and O–H groups in total. The molecule has 0 saturated carbocycles. The van der Waals surface area contributed by atoms with Gasteiger partial charge in [-0.15, -0.1) is 0 Å². The molecule has 3 amide bonds. The average molecular weight is 256 g/mol. The number of nitrogens with two attached hydrogens (primary N) is 2. The zero-order valence-electron chi connectivity index (χ0n) is 11.0. The largest absolute Gasteiger partial charge is 0.352 e. The van der Waals surface area contributed by atoms with E-state index >= 15 is 0 Å². The standard InChI is InChI=1S/C12H24N4O2/c1-2-4-10(13)11(17)16-6-3-5-9(8-16)7-15-12(14)18/h9-10H,2-8,13H2,1H3,(H3,14,15,18)/t9?,10-/m0/s1. The zero-order valence-corrected chi connectivity index (χ0v) is 11.0. The Labute approximate surface area is 108 Å². The molecule has 1 unspecified atom stereocenters. The normalized spacial score (nSPS) is 21.4. The van der Waals surface area contributed by atoms with Crippen molar-refractivity contribution in [3.63, 3.8) is 0 Å². The summed E-state index contributed by atoms with van der Waals surface area (Å²) >= 11 is 0. The maximum atomic E-state index is 12.1. The van der Waals surface area contributed by atoms with E-state index < -0.39 is 12.1 Å². The minimum Gasteiger partial charge on any atom is -0.352 e. The summed E-state index contributed by atoms with van der Waals surface area (Å²) < 4.78 is 0. The maximum absolute atomic E-state index is 12.1. The quantitative estimate of drug-likeness (QED) is 0.646. The Morgan fingerprint density at radius 1 is 1.50 bits per heavy atom. The third kappa shape index (κ3) is 4.52. The van der Waals surface area contributed by atoms with Gasteiger partial charge in [-0.1, -0.05) is 13.3 Å². The van der Waals surface area contributed by atoms with E-state index in [1.54, 1.807) is 0 Å². The van der Waals surface area contributed by atoms with Crippen molar-refractivity contribution in [1.29, 1.82) is 0 Å². The van der Waals surface area contributed by atoms with Crippen LogP contribution in [0.4, 0.5) is 4.79 Å². The molecule has 0 aliphatic carbocycles. The van der Waals surface area contributed by atoms with Gasteiger partial charge in [-0.25, -0.2) is 4.79 Å². The molecule has 1 rings (SSSR count). The molecular formula is C12H24N4O2. The second-order valence-electron chi connectivity index (χ2n) is 4.93. The van der Waals surface area contributed by atoms with E-state index in [2.05, 4.69) is 5.32 Å². The van der Waals surface area contributed by atoms with E-state index in [-0.39, 0.29) is 11.8 Å². The van der Waals surface area contributed by atoms with Crippen LogP contribution in [-0.2, 0) is 4.79 Å². The predicted molar refractivity (Wildman–Crippen MR) is 69.8 cm³/mol. The highest BCUT2D eigenvalue weighted by Gasteiger charge is 2.26. The van der Waals surface area contributed by atoms with Gasteiger partial charge in [0.2, 0.25) is 5.91 Å². The molecule has 0 aromatic heterocycles. The highest BCUT2D eigenvalue weighted by molar-refractivity contribution is 5.81. The number of carbonyl (C=O) groups excluding carboxylic acids is 2. The molecule has 1 saturated heterocycles. The molecular weight excluding hydrogens is 232 g/mol. The van der Waals surface area contributed by atoms with E-state index in [0.717, 1.165) is 32.2 Å². The summed E-state index contributed by atoms with van der Waals surface area (Å²) in [5.41, 5.74) is 10.9. The second kappa shape index (κ2) is 7.20. The van der Waals surface area contributed by atoms with Gasteiger partial charge in [-0.05, 0) is 25.2 Å². The van der Waals surface area contributed by atoms with E-state index in [0.29, 0.717) is 13.1 Å². The van der Waals surface area contributed by atoms with Crippen molar-refractivity contribution in [2.75, 3.05) is 19.6 Å². The Morgan fingerprint density at radius 3 is 2.83 bits per heavy atom. The third-order valence-corrected chi connectivity index (χ3v) is 3.31. The number of nitrogens with zero attached hydrogens (tertiary/aromatic N) is 1. The lowest BCUT2D eigenvalue weighted by atomic mass is 9.97. The van der Waals surface area contributed by atoms with Crippen molar-refractivity contribution in [3.8, 4) is 0 Å². The van der Waals surface area contributed by atoms with Crippen LogP contribution >= 0.6 is 0 Å². The summed E-state index contributed by atoms with van der Waals surface area (Å²) in [6.45, 7) is 3.98. The first-order valence-electron chi connectivity index (χ1n) is 6.62. The van der Waals surface area contributed by atoms with Crippen molar-refractivity contribution < 1.29 is 9.59 Å². The van der Waals surface area contributed by atoms with E-state index in [1.165, 1.54) is 0 Å². The molecule has 2 atom stereocenters. The highest BCUT2D eigenvalue weighted by atomic mass is 16.2. The van der Waals surface area contributed by atoms with Gasteiger partial charge in [0.25, 0.3) is 0 Å². The summed E-state index contributed by atoms with van der Waals surface area (Å²) in [6.07, 6.45) is 3.59. The van der Waals surface area contributed by atoms with Gasteiger partial charge in [0.1, 0.15) is 0 Å². The van der Waals surface area contributed by atoms with Crippen LogP contribution in [0.25, 0.3) is 0 Å². The van der Waals surface area contributed by atoms with Crippen LogP contribution in [0.3, 0.4) is 0 Å². The van der Waals surface area contributed by atoms with Gasteiger partial charge in [0.15, 0.2) is 0 Å². The minimum absolute atomic E-state index is 0.0284. The Balaban J connectivity index is 2.42. The van der Waals surface area contributed by atoms with Crippen molar-refractivity contribution in [2.45, 2.75) is 38.6 Å². The molecule has 6 heteroatoms. The van der Waals surface area contributed by atoms with Gasteiger partial charge in [-0.2, -0.15) is 0 Å². The second-order valence-corrected chi connectivity index (χ2v) is 4.93. The third-order valence-electron chi connectivity index (χ3n) is 3.31. The Kier molecular flexibility index (Phi) is 5.91. The summed E-state index contributed by atoms with van der Waals surface area (Å²) in [5.74, 6) is 0.310. The Bertz CT molecular complexity index is 296. The molecule has 0 aromatic carbocycles. The van der Waals surface area contributed by atoms with Crippen LogP contribution in [0.15, 0.2) is 0 Å². The molecule has 1 aliphatic rings. The van der Waals surface area contributed by atoms with Crippen molar-refractivity contribution in [1.82, 2.24) is 10.2 Å². The summed E-state index contributed by atoms with van der Waals surface area (Å²) in [4.78, 5) is 24.5. The predicted octanol–water partition coefficient (Wildman–Crippen LogP) is 0.0207. The van der Waals surface area contributed by atoms with E-state index in [9.17, 15) is 9.59 Å². The molecule has 0 bridgehead atoms. The molecule has 1 heterocycles. The van der Waals surface area contributed by atoms with Crippen LogP contribution in [-0.4, -0.2) is 42.5 Å². The summed E-state index contributed by atoms with van der Waals surface area (Å²) in [5, 5.41) is 2.60. The molecule has 0 spiro atoms. The lowest BCUT2D eigenvalue weighted by Crippen LogP contribution is -2.49. The van der Waals surface area contributed by atoms with Crippen molar-refractivity contribution in [3.05, 3.63) is 0 Å². The Morgan fingerprint density at radius 2 is 2.22 bits per heavy atom. The molecule has 6 nitrogen and oxygen atoms in total. The number of amides is 3. The van der Waals surface area contributed by atoms with E-state index in [4.69, 9.17) is 11.5 Å². The summed E-state index contributed by atoms with van der Waals surface area (Å²) in [7, 11) is 0. The van der Waals surface area contributed by atoms with Gasteiger partial charge in [-0.3, -0.25) is 4.79 Å². The number of carbonyl (C=O) groups is 2. The van der Waals surface area contributed by atoms with Gasteiger partial charge in [0, 0.05) is 19.6 Å². The number of nitrogens with one attached hydrogen (secondary N) is 1. The number of rotatable bonds is 5. The number of likely N-dealkylation sites (tertiary alicyclic amines) is 1. The Hall–Kier alpha value is -1.30. The van der Waals surface area contributed by atoms with Crippen LogP contribution in [0.5, 0.6) is 0 Å². The fraction of sp³-hybridized carbons (Fsp3) is 0.833. The highest BCUT2D eigenvalue weighted by Crippen LogP contribution is 2.17. The molecule has 18 heavy (non-hydrogen) atoms. The number of primary amides is 1. The fourth-order valence-electron chi connectivity index (χ4n) is 2.35. The molecule has 104 valence electrons. The molecule has 1 fully saturated rings. The molecule has 0 radical (unpaired) electrons. The molecule has 0 aromatic rings. The van der Waals surface area contributed by atoms with Crippen molar-refractivity contribution in [2.24, 2.45) is 17.4 Å². The average Bonchev–Trinajstić information content (AvgIpc) is 2.36. The number of hydrogen-bond donors (Lipinski definition) is 3.